The molecule has 6 heteroatoms. The van der Waals surface area contributed by atoms with Gasteiger partial charge in [0.2, 0.25) is 5.75 Å². The van der Waals surface area contributed by atoms with Gasteiger partial charge in [-0.05, 0) is 24.6 Å². The molecule has 0 fully saturated rings. The maximum Gasteiger partial charge on any atom is 0.298 e. The third-order valence-corrected chi connectivity index (χ3v) is 3.12. The molecule has 2 aromatic rings. The predicted octanol–water partition coefficient (Wildman–Crippen LogP) is 1.62. The van der Waals surface area contributed by atoms with Crippen LogP contribution < -0.4 is 16.0 Å². The first kappa shape index (κ1) is 13.9. The Hall–Kier alpha value is -2.50. The van der Waals surface area contributed by atoms with Gasteiger partial charge in [0.1, 0.15) is 0 Å². The minimum absolute atomic E-state index is 0.129. The molecule has 0 aliphatic rings. The van der Waals surface area contributed by atoms with Crippen molar-refractivity contribution in [3.05, 3.63) is 28.6 Å². The molecule has 0 aliphatic heterocycles. The Bertz CT molecular complexity index is 706. The van der Waals surface area contributed by atoms with Crippen LogP contribution in [0.15, 0.2) is 23.0 Å². The number of hydrogen-bond acceptors (Lipinski definition) is 5. The third kappa shape index (κ3) is 2.32. The van der Waals surface area contributed by atoms with E-state index in [1.165, 1.54) is 4.57 Å². The molecule has 3 N–H and O–H groups in total. The molecule has 6 nitrogen and oxygen atoms in total. The molecule has 0 radical (unpaired) electrons. The van der Waals surface area contributed by atoms with Crippen LogP contribution in [0.4, 0.5) is 5.69 Å². The number of hydrogen-bond donors (Lipinski definition) is 2. The third-order valence-electron chi connectivity index (χ3n) is 3.12. The summed E-state index contributed by atoms with van der Waals surface area (Å²) in [6.07, 6.45) is 1.69. The number of aromatic hydroxyl groups is 1. The number of nitrogens with zero attached hydrogens (tertiary/aromatic N) is 1. The van der Waals surface area contributed by atoms with Gasteiger partial charge in [0.15, 0.2) is 5.75 Å². The molecule has 0 amide bonds. The lowest BCUT2D eigenvalue weighted by atomic mass is 10.1. The molecular weight excluding hydrogens is 260 g/mol. The van der Waals surface area contributed by atoms with Crippen LogP contribution >= 0.6 is 0 Å². The molecule has 2 rings (SSSR count). The van der Waals surface area contributed by atoms with Crippen molar-refractivity contribution >= 4 is 23.1 Å². The summed E-state index contributed by atoms with van der Waals surface area (Å²) in [6, 6.07) is 4.83. The van der Waals surface area contributed by atoms with Gasteiger partial charge in [-0.15, -0.1) is 0 Å². The number of benzene rings is 1. The van der Waals surface area contributed by atoms with Crippen molar-refractivity contribution in [2.24, 2.45) is 0 Å². The average molecular weight is 276 g/mol. The van der Waals surface area contributed by atoms with Crippen molar-refractivity contribution in [2.45, 2.75) is 26.3 Å². The molecule has 0 saturated heterocycles. The molecule has 1 aromatic heterocycles. The van der Waals surface area contributed by atoms with Crippen molar-refractivity contribution in [1.29, 1.82) is 0 Å². The summed E-state index contributed by atoms with van der Waals surface area (Å²) in [5, 5.41) is 10.5. The van der Waals surface area contributed by atoms with Gasteiger partial charge in [-0.25, -0.2) is 0 Å². The lowest BCUT2D eigenvalue weighted by molar-refractivity contribution is -0.120. The summed E-state index contributed by atoms with van der Waals surface area (Å²) in [4.78, 5) is 22.8. The van der Waals surface area contributed by atoms with Gasteiger partial charge in [0, 0.05) is 17.6 Å². The Labute approximate surface area is 115 Å². The molecule has 0 atom stereocenters. The molecule has 0 unspecified atom stereocenters. The number of anilines is 1. The van der Waals surface area contributed by atoms with Crippen LogP contribution in [0.2, 0.25) is 0 Å². The number of carbonyl (C=O) groups excluding carboxylic acids is 1. The number of rotatable bonds is 5. The number of nitrogen functional groups attached to an aromatic ring is 1. The van der Waals surface area contributed by atoms with E-state index in [0.717, 1.165) is 12.8 Å². The van der Waals surface area contributed by atoms with Gasteiger partial charge >= 0.3 is 0 Å². The maximum atomic E-state index is 12.3. The van der Waals surface area contributed by atoms with Crippen molar-refractivity contribution in [3.63, 3.8) is 0 Å². The van der Waals surface area contributed by atoms with Gasteiger partial charge in [0.25, 0.3) is 12.0 Å². The molecule has 1 aromatic carbocycles. The van der Waals surface area contributed by atoms with E-state index in [0.29, 0.717) is 23.1 Å². The van der Waals surface area contributed by atoms with Crippen LogP contribution in [0.5, 0.6) is 11.5 Å². The highest BCUT2D eigenvalue weighted by Crippen LogP contribution is 2.32. The van der Waals surface area contributed by atoms with E-state index in [9.17, 15) is 14.7 Å². The Morgan fingerprint density at radius 3 is 2.85 bits per heavy atom. The lowest BCUT2D eigenvalue weighted by Crippen LogP contribution is -2.22. The second kappa shape index (κ2) is 5.64. The number of pyridine rings is 1. The number of aromatic nitrogens is 1. The number of fused-ring (bicyclic) bond motifs is 1. The molecular formula is C14H16N2O4. The summed E-state index contributed by atoms with van der Waals surface area (Å²) in [6.45, 7) is 2.60. The number of nitrogens with two attached hydrogens (primary N) is 1. The first-order chi connectivity index (χ1) is 9.60. The van der Waals surface area contributed by atoms with Crippen molar-refractivity contribution in [2.75, 3.05) is 5.73 Å². The highest BCUT2D eigenvalue weighted by Gasteiger charge is 2.17. The number of unbranched alkanes of at least 4 members (excludes halogenated alkanes) is 1. The van der Waals surface area contributed by atoms with Crippen molar-refractivity contribution < 1.29 is 14.6 Å². The zero-order valence-corrected chi connectivity index (χ0v) is 11.1. The van der Waals surface area contributed by atoms with Crippen LogP contribution in [0.3, 0.4) is 0 Å². The van der Waals surface area contributed by atoms with E-state index >= 15 is 0 Å². The Balaban J connectivity index is 2.80. The number of ether oxygens (including phenoxy) is 1. The van der Waals surface area contributed by atoms with Crippen molar-refractivity contribution in [1.82, 2.24) is 4.57 Å². The summed E-state index contributed by atoms with van der Waals surface area (Å²) >= 11 is 0. The molecule has 0 spiro atoms. The standard InChI is InChI=1S/C14H16N2O4/c1-2-3-6-16-11-7-9(15)4-5-10(11)12(18)13(14(16)19)20-8-17/h4-5,7-8,18H,2-3,6,15H2,1H3. The monoisotopic (exact) mass is 276 g/mol. The average Bonchev–Trinajstić information content (AvgIpc) is 2.43. The Morgan fingerprint density at radius 1 is 1.45 bits per heavy atom. The zero-order chi connectivity index (χ0) is 14.7. The molecule has 106 valence electrons. The van der Waals surface area contributed by atoms with Gasteiger partial charge < -0.3 is 20.1 Å². The quantitative estimate of drug-likeness (QED) is 0.639. The minimum Gasteiger partial charge on any atom is -0.504 e. The maximum absolute atomic E-state index is 12.3. The van der Waals surface area contributed by atoms with Crippen LogP contribution in [-0.4, -0.2) is 16.1 Å². The van der Waals surface area contributed by atoms with E-state index in [1.54, 1.807) is 18.2 Å². The highest BCUT2D eigenvalue weighted by molar-refractivity contribution is 5.90. The van der Waals surface area contributed by atoms with Gasteiger partial charge in [-0.2, -0.15) is 0 Å². The minimum atomic E-state index is -0.541. The van der Waals surface area contributed by atoms with E-state index in [1.807, 2.05) is 6.92 Å². The van der Waals surface area contributed by atoms with Gasteiger partial charge in [-0.3, -0.25) is 9.59 Å². The van der Waals surface area contributed by atoms with Crippen LogP contribution in [-0.2, 0) is 11.3 Å². The smallest absolute Gasteiger partial charge is 0.298 e. The first-order valence-corrected chi connectivity index (χ1v) is 6.35. The van der Waals surface area contributed by atoms with Crippen LogP contribution in [0, 0.1) is 0 Å². The van der Waals surface area contributed by atoms with Gasteiger partial charge in [0.05, 0.1) is 5.52 Å². The summed E-state index contributed by atoms with van der Waals surface area (Å²) < 4.78 is 6.10. The van der Waals surface area contributed by atoms with E-state index in [4.69, 9.17) is 5.73 Å². The van der Waals surface area contributed by atoms with Gasteiger partial charge in [-0.1, -0.05) is 13.3 Å². The summed E-state index contributed by atoms with van der Waals surface area (Å²) in [5.74, 6) is -0.696. The summed E-state index contributed by atoms with van der Waals surface area (Å²) in [5.41, 5.74) is 6.21. The SMILES string of the molecule is CCCCn1c(=O)c(OC=O)c(O)c2ccc(N)cc21. The second-order valence-corrected chi connectivity index (χ2v) is 4.48. The predicted molar refractivity (Wildman–Crippen MR) is 75.9 cm³/mol. The first-order valence-electron chi connectivity index (χ1n) is 6.35. The fraction of sp³-hybridized carbons (Fsp3) is 0.286. The van der Waals surface area contributed by atoms with Crippen LogP contribution in [0.1, 0.15) is 19.8 Å². The van der Waals surface area contributed by atoms with Crippen molar-refractivity contribution in [3.8, 4) is 11.5 Å². The molecule has 1 heterocycles. The summed E-state index contributed by atoms with van der Waals surface area (Å²) in [7, 11) is 0. The molecule has 0 saturated carbocycles. The lowest BCUT2D eigenvalue weighted by Gasteiger charge is -2.14. The highest BCUT2D eigenvalue weighted by atomic mass is 16.5. The van der Waals surface area contributed by atoms with E-state index in [-0.39, 0.29) is 18.0 Å². The zero-order valence-electron chi connectivity index (χ0n) is 11.1. The molecule has 20 heavy (non-hydrogen) atoms. The van der Waals surface area contributed by atoms with E-state index < -0.39 is 5.56 Å². The normalized spacial score (nSPS) is 10.7. The largest absolute Gasteiger partial charge is 0.504 e. The second-order valence-electron chi connectivity index (χ2n) is 4.48. The fourth-order valence-corrected chi connectivity index (χ4v) is 2.12. The van der Waals surface area contributed by atoms with E-state index in [2.05, 4.69) is 4.74 Å². The Morgan fingerprint density at radius 2 is 2.20 bits per heavy atom. The molecule has 0 aliphatic carbocycles. The number of aryl methyl sites for hydroxylation is 1. The fourth-order valence-electron chi connectivity index (χ4n) is 2.12. The molecule has 0 bridgehead atoms. The topological polar surface area (TPSA) is 94.5 Å². The number of carbonyl (C=O) groups is 1. The van der Waals surface area contributed by atoms with Crippen LogP contribution in [0.25, 0.3) is 10.9 Å². The Kier molecular flexibility index (Phi) is 3.93.